The van der Waals surface area contributed by atoms with E-state index in [-0.39, 0.29) is 11.5 Å². The van der Waals surface area contributed by atoms with Crippen molar-refractivity contribution < 1.29 is 9.59 Å². The van der Waals surface area contributed by atoms with Crippen LogP contribution < -0.4 is 11.5 Å². The Morgan fingerprint density at radius 2 is 1.67 bits per heavy atom. The molecule has 0 saturated carbocycles. The summed E-state index contributed by atoms with van der Waals surface area (Å²) >= 11 is 0. The molecule has 1 aromatic carbocycles. The molecule has 1 unspecified atom stereocenters. The van der Waals surface area contributed by atoms with E-state index in [0.717, 1.165) is 5.56 Å². The Bertz CT molecular complexity index is 613. The highest BCUT2D eigenvalue weighted by atomic mass is 16.1. The fourth-order valence-electron chi connectivity index (χ4n) is 2.01. The lowest BCUT2D eigenvalue weighted by Crippen LogP contribution is -2.16. The zero-order valence-corrected chi connectivity index (χ0v) is 11.7. The summed E-state index contributed by atoms with van der Waals surface area (Å²) in [6, 6.07) is 9.35. The van der Waals surface area contributed by atoms with Crippen LogP contribution in [0.4, 0.5) is 0 Å². The molecule has 0 heterocycles. The van der Waals surface area contributed by atoms with Gasteiger partial charge in [0.1, 0.15) is 0 Å². The first-order chi connectivity index (χ1) is 10.0. The Morgan fingerprint density at radius 1 is 1.05 bits per heavy atom. The van der Waals surface area contributed by atoms with Crippen molar-refractivity contribution in [2.24, 2.45) is 11.5 Å². The topological polar surface area (TPSA) is 86.2 Å². The zero-order valence-electron chi connectivity index (χ0n) is 11.7. The molecule has 0 aliphatic rings. The van der Waals surface area contributed by atoms with Crippen molar-refractivity contribution in [3.8, 4) is 0 Å². The molecule has 108 valence electrons. The van der Waals surface area contributed by atoms with E-state index in [2.05, 4.69) is 13.2 Å². The van der Waals surface area contributed by atoms with Gasteiger partial charge in [0.2, 0.25) is 11.8 Å². The summed E-state index contributed by atoms with van der Waals surface area (Å²) in [6.45, 7) is 7.32. The van der Waals surface area contributed by atoms with Gasteiger partial charge in [0.15, 0.2) is 0 Å². The molecule has 1 rings (SSSR count). The highest BCUT2D eigenvalue weighted by molar-refractivity contribution is 5.96. The normalized spacial score (nSPS) is 13.3. The molecule has 0 saturated heterocycles. The van der Waals surface area contributed by atoms with Crippen LogP contribution in [0.15, 0.2) is 78.9 Å². The molecule has 0 aliphatic heterocycles. The number of amides is 2. The van der Waals surface area contributed by atoms with Crippen LogP contribution in [0.2, 0.25) is 0 Å². The van der Waals surface area contributed by atoms with E-state index in [0.29, 0.717) is 5.57 Å². The third kappa shape index (κ3) is 4.31. The fourth-order valence-corrected chi connectivity index (χ4v) is 2.01. The minimum absolute atomic E-state index is 0.257. The van der Waals surface area contributed by atoms with E-state index in [1.807, 2.05) is 30.3 Å². The molecular weight excluding hydrogens is 264 g/mol. The summed E-state index contributed by atoms with van der Waals surface area (Å²) in [7, 11) is 0. The number of nitrogens with two attached hydrogens (primary N) is 2. The van der Waals surface area contributed by atoms with Crippen molar-refractivity contribution in [2.45, 2.75) is 5.92 Å². The Hall–Kier alpha value is -2.88. The Labute approximate surface area is 124 Å². The number of primary amides is 2. The average molecular weight is 282 g/mol. The summed E-state index contributed by atoms with van der Waals surface area (Å²) in [5.74, 6) is -1.54. The molecule has 0 radical (unpaired) electrons. The van der Waals surface area contributed by atoms with Gasteiger partial charge >= 0.3 is 0 Å². The van der Waals surface area contributed by atoms with Crippen LogP contribution in [0.3, 0.4) is 0 Å². The van der Waals surface area contributed by atoms with Gasteiger partial charge in [-0.2, -0.15) is 0 Å². The van der Waals surface area contributed by atoms with E-state index in [4.69, 9.17) is 11.5 Å². The SMILES string of the molecule is C=CC(C(N)=O)=C(C=C)C(C=CC(N)=O)c1ccccc1. The van der Waals surface area contributed by atoms with E-state index in [1.54, 1.807) is 6.08 Å². The van der Waals surface area contributed by atoms with E-state index in [1.165, 1.54) is 18.2 Å². The number of carbonyl (C=O) groups excluding carboxylic acids is 2. The van der Waals surface area contributed by atoms with Crippen LogP contribution in [0.5, 0.6) is 0 Å². The van der Waals surface area contributed by atoms with Gasteiger partial charge in [0, 0.05) is 11.5 Å². The van der Waals surface area contributed by atoms with Crippen molar-refractivity contribution in [2.75, 3.05) is 0 Å². The number of carbonyl (C=O) groups is 2. The number of allylic oxidation sites excluding steroid dienone is 3. The van der Waals surface area contributed by atoms with Gasteiger partial charge in [0.25, 0.3) is 0 Å². The maximum absolute atomic E-state index is 11.5. The lowest BCUT2D eigenvalue weighted by molar-refractivity contribution is -0.114. The van der Waals surface area contributed by atoms with Gasteiger partial charge in [-0.15, -0.1) is 0 Å². The van der Waals surface area contributed by atoms with Crippen LogP contribution in [0.25, 0.3) is 0 Å². The molecule has 4 nitrogen and oxygen atoms in total. The number of rotatable bonds is 7. The van der Waals surface area contributed by atoms with Gasteiger partial charge < -0.3 is 11.5 Å². The first kappa shape index (κ1) is 16.2. The lowest BCUT2D eigenvalue weighted by Gasteiger charge is -2.17. The van der Waals surface area contributed by atoms with Crippen molar-refractivity contribution in [3.05, 3.63) is 84.5 Å². The van der Waals surface area contributed by atoms with Gasteiger partial charge in [-0.25, -0.2) is 0 Å². The molecule has 1 aromatic rings. The summed E-state index contributed by atoms with van der Waals surface area (Å²) < 4.78 is 0. The van der Waals surface area contributed by atoms with Gasteiger partial charge in [-0.3, -0.25) is 9.59 Å². The molecule has 4 N–H and O–H groups in total. The first-order valence-electron chi connectivity index (χ1n) is 6.32. The summed E-state index contributed by atoms with van der Waals surface area (Å²) in [4.78, 5) is 22.5. The molecular formula is C17H18N2O2. The predicted molar refractivity (Wildman–Crippen MR) is 84.1 cm³/mol. The summed E-state index contributed by atoms with van der Waals surface area (Å²) in [5.41, 5.74) is 12.2. The van der Waals surface area contributed by atoms with Crippen molar-refractivity contribution >= 4 is 11.8 Å². The Kier molecular flexibility index (Phi) is 5.89. The number of hydrogen-bond donors (Lipinski definition) is 2. The highest BCUT2D eigenvalue weighted by Gasteiger charge is 2.17. The van der Waals surface area contributed by atoms with E-state index in [9.17, 15) is 9.59 Å². The largest absolute Gasteiger partial charge is 0.366 e. The molecule has 1 atom stereocenters. The minimum atomic E-state index is -0.603. The molecule has 0 aliphatic carbocycles. The Morgan fingerprint density at radius 3 is 2.10 bits per heavy atom. The first-order valence-corrected chi connectivity index (χ1v) is 6.32. The van der Waals surface area contributed by atoms with Gasteiger partial charge in [0.05, 0.1) is 0 Å². The molecule has 2 amide bonds. The second-order valence-electron chi connectivity index (χ2n) is 4.29. The van der Waals surface area contributed by atoms with E-state index >= 15 is 0 Å². The molecule has 0 fully saturated rings. The maximum atomic E-state index is 11.5. The third-order valence-corrected chi connectivity index (χ3v) is 2.95. The van der Waals surface area contributed by atoms with Crippen LogP contribution in [0, 0.1) is 0 Å². The smallest absolute Gasteiger partial charge is 0.248 e. The highest BCUT2D eigenvalue weighted by Crippen LogP contribution is 2.29. The minimum Gasteiger partial charge on any atom is -0.366 e. The number of benzene rings is 1. The molecule has 4 heteroatoms. The van der Waals surface area contributed by atoms with Gasteiger partial charge in [-0.05, 0) is 17.2 Å². The second kappa shape index (κ2) is 7.65. The van der Waals surface area contributed by atoms with Crippen LogP contribution in [0.1, 0.15) is 11.5 Å². The van der Waals surface area contributed by atoms with Gasteiger partial charge in [-0.1, -0.05) is 61.7 Å². The van der Waals surface area contributed by atoms with Crippen LogP contribution >= 0.6 is 0 Å². The summed E-state index contributed by atoms with van der Waals surface area (Å²) in [6.07, 6.45) is 5.78. The molecule has 21 heavy (non-hydrogen) atoms. The van der Waals surface area contributed by atoms with Crippen molar-refractivity contribution in [1.82, 2.24) is 0 Å². The predicted octanol–water partition coefficient (Wildman–Crippen LogP) is 1.97. The molecule has 0 aromatic heterocycles. The monoisotopic (exact) mass is 282 g/mol. The Balaban J connectivity index is 3.48. The zero-order chi connectivity index (χ0) is 15.8. The average Bonchev–Trinajstić information content (AvgIpc) is 2.46. The maximum Gasteiger partial charge on any atom is 0.248 e. The van der Waals surface area contributed by atoms with Crippen molar-refractivity contribution in [1.29, 1.82) is 0 Å². The van der Waals surface area contributed by atoms with Crippen LogP contribution in [-0.2, 0) is 9.59 Å². The summed E-state index contributed by atoms with van der Waals surface area (Å²) in [5, 5.41) is 0. The molecule has 0 bridgehead atoms. The lowest BCUT2D eigenvalue weighted by atomic mass is 9.87. The fraction of sp³-hybridized carbons (Fsp3) is 0.0588. The van der Waals surface area contributed by atoms with E-state index < -0.39 is 11.8 Å². The quantitative estimate of drug-likeness (QED) is 0.591. The number of hydrogen-bond acceptors (Lipinski definition) is 2. The van der Waals surface area contributed by atoms with Crippen molar-refractivity contribution in [3.63, 3.8) is 0 Å². The molecule has 0 spiro atoms. The second-order valence-corrected chi connectivity index (χ2v) is 4.29. The van der Waals surface area contributed by atoms with Crippen LogP contribution in [-0.4, -0.2) is 11.8 Å². The standard InChI is InChI=1S/C17H18N2O2/c1-3-13(14(4-2)17(19)21)15(10-11-16(18)20)12-8-6-5-7-9-12/h3-11,15H,1-2H2,(H2,18,20)(H2,19,21). The third-order valence-electron chi connectivity index (χ3n) is 2.95.